The Hall–Kier alpha value is -0.300. The van der Waals surface area contributed by atoms with E-state index in [0.717, 1.165) is 12.0 Å². The van der Waals surface area contributed by atoms with Crippen LogP contribution in [0.1, 0.15) is 46.0 Å². The van der Waals surface area contributed by atoms with Crippen molar-refractivity contribution in [1.29, 1.82) is 0 Å². The normalized spacial score (nSPS) is 31.2. The van der Waals surface area contributed by atoms with Crippen LogP contribution in [-0.2, 0) is 0 Å². The second kappa shape index (κ2) is 5.43. The van der Waals surface area contributed by atoms with Crippen LogP contribution < -0.4 is 5.32 Å². The monoisotopic (exact) mass is 181 g/mol. The van der Waals surface area contributed by atoms with Gasteiger partial charge in [-0.3, -0.25) is 0 Å². The van der Waals surface area contributed by atoms with Crippen LogP contribution in [0.5, 0.6) is 0 Å². The molecule has 0 aliphatic heterocycles. The molecule has 1 N–H and O–H groups in total. The lowest BCUT2D eigenvalue weighted by Crippen LogP contribution is -2.42. The van der Waals surface area contributed by atoms with Gasteiger partial charge >= 0.3 is 0 Å². The van der Waals surface area contributed by atoms with Crippen molar-refractivity contribution < 1.29 is 0 Å². The Labute approximate surface area is 82.6 Å². The zero-order valence-corrected chi connectivity index (χ0v) is 9.05. The van der Waals surface area contributed by atoms with Crippen molar-refractivity contribution >= 4 is 0 Å². The van der Waals surface area contributed by atoms with Crippen LogP contribution in [0.3, 0.4) is 0 Å². The van der Waals surface area contributed by atoms with Gasteiger partial charge in [0.15, 0.2) is 0 Å². The van der Waals surface area contributed by atoms with Gasteiger partial charge in [0, 0.05) is 12.1 Å². The molecule has 0 saturated heterocycles. The molecule has 0 heterocycles. The molecule has 1 nitrogen and oxygen atoms in total. The lowest BCUT2D eigenvalue weighted by molar-refractivity contribution is 0.249. The second-order valence-corrected chi connectivity index (χ2v) is 4.25. The van der Waals surface area contributed by atoms with Crippen molar-refractivity contribution in [2.45, 2.75) is 58.0 Å². The van der Waals surface area contributed by atoms with Gasteiger partial charge in [-0.15, -0.1) is 6.58 Å². The highest BCUT2D eigenvalue weighted by Crippen LogP contribution is 2.26. The zero-order chi connectivity index (χ0) is 9.68. The van der Waals surface area contributed by atoms with Gasteiger partial charge in [-0.25, -0.2) is 0 Å². The highest BCUT2D eigenvalue weighted by atomic mass is 14.9. The Balaban J connectivity index is 2.39. The minimum atomic E-state index is 0.470. The first-order valence-electron chi connectivity index (χ1n) is 5.66. The van der Waals surface area contributed by atoms with Gasteiger partial charge in [-0.05, 0) is 25.7 Å². The van der Waals surface area contributed by atoms with E-state index >= 15 is 0 Å². The summed E-state index contributed by atoms with van der Waals surface area (Å²) in [6.07, 6.45) is 8.93. The summed E-state index contributed by atoms with van der Waals surface area (Å²) >= 11 is 0. The number of hydrogen-bond donors (Lipinski definition) is 1. The number of hydrogen-bond acceptors (Lipinski definition) is 1. The summed E-state index contributed by atoms with van der Waals surface area (Å²) in [5, 5.41) is 3.65. The maximum Gasteiger partial charge on any atom is 0.0221 e. The molecule has 1 rings (SSSR count). The summed E-state index contributed by atoms with van der Waals surface area (Å²) in [5.41, 5.74) is 0. The predicted octanol–water partition coefficient (Wildman–Crippen LogP) is 3.12. The summed E-state index contributed by atoms with van der Waals surface area (Å²) in [6, 6.07) is 1.21. The molecule has 3 unspecified atom stereocenters. The molecule has 1 fully saturated rings. The summed E-state index contributed by atoms with van der Waals surface area (Å²) in [5.74, 6) is 0.899. The minimum absolute atomic E-state index is 0.470. The molecule has 0 aromatic heterocycles. The average molecular weight is 181 g/mol. The molecule has 1 saturated carbocycles. The van der Waals surface area contributed by atoms with E-state index in [4.69, 9.17) is 0 Å². The van der Waals surface area contributed by atoms with Crippen molar-refractivity contribution in [3.8, 4) is 0 Å². The van der Waals surface area contributed by atoms with Gasteiger partial charge < -0.3 is 5.32 Å². The van der Waals surface area contributed by atoms with E-state index in [1.165, 1.54) is 32.1 Å². The van der Waals surface area contributed by atoms with Crippen LogP contribution in [0.25, 0.3) is 0 Å². The fourth-order valence-electron chi connectivity index (χ4n) is 2.32. The Kier molecular flexibility index (Phi) is 4.51. The van der Waals surface area contributed by atoms with Crippen LogP contribution in [0, 0.1) is 5.92 Å². The maximum absolute atomic E-state index is 3.81. The standard InChI is InChI=1S/C12H23N/c1-4-10(3)13-12-9-7-6-8-11(12)5-2/h4,10-13H,1,5-9H2,2-3H3. The van der Waals surface area contributed by atoms with E-state index in [0.29, 0.717) is 6.04 Å². The number of nitrogens with one attached hydrogen (secondary N) is 1. The lowest BCUT2D eigenvalue weighted by Gasteiger charge is -2.33. The van der Waals surface area contributed by atoms with Crippen molar-refractivity contribution in [3.63, 3.8) is 0 Å². The van der Waals surface area contributed by atoms with E-state index in [-0.39, 0.29) is 0 Å². The largest absolute Gasteiger partial charge is 0.308 e. The lowest BCUT2D eigenvalue weighted by atomic mass is 9.82. The molecule has 0 radical (unpaired) electrons. The summed E-state index contributed by atoms with van der Waals surface area (Å²) in [7, 11) is 0. The fourth-order valence-corrected chi connectivity index (χ4v) is 2.32. The second-order valence-electron chi connectivity index (χ2n) is 4.25. The van der Waals surface area contributed by atoms with Gasteiger partial charge in [0.1, 0.15) is 0 Å². The quantitative estimate of drug-likeness (QED) is 0.657. The highest BCUT2D eigenvalue weighted by Gasteiger charge is 2.23. The first kappa shape index (κ1) is 10.8. The topological polar surface area (TPSA) is 12.0 Å². The van der Waals surface area contributed by atoms with Gasteiger partial charge in [0.05, 0.1) is 0 Å². The zero-order valence-electron chi connectivity index (χ0n) is 9.05. The minimum Gasteiger partial charge on any atom is -0.308 e. The van der Waals surface area contributed by atoms with E-state index < -0.39 is 0 Å². The predicted molar refractivity (Wildman–Crippen MR) is 58.8 cm³/mol. The molecule has 0 bridgehead atoms. The molecule has 0 spiro atoms. The third-order valence-electron chi connectivity index (χ3n) is 3.26. The van der Waals surface area contributed by atoms with E-state index in [1.807, 2.05) is 6.08 Å². The summed E-state index contributed by atoms with van der Waals surface area (Å²) in [4.78, 5) is 0. The molecule has 0 aromatic rings. The van der Waals surface area contributed by atoms with Crippen LogP contribution in [0.2, 0.25) is 0 Å². The molecule has 0 aromatic carbocycles. The molecule has 76 valence electrons. The molecule has 1 aliphatic rings. The SMILES string of the molecule is C=CC(C)NC1CCCCC1CC. The van der Waals surface area contributed by atoms with Gasteiger partial charge in [-0.2, -0.15) is 0 Å². The van der Waals surface area contributed by atoms with Gasteiger partial charge in [0.2, 0.25) is 0 Å². The highest BCUT2D eigenvalue weighted by molar-refractivity contribution is 4.88. The number of rotatable bonds is 4. The Bertz CT molecular complexity index is 153. The van der Waals surface area contributed by atoms with E-state index in [2.05, 4.69) is 25.7 Å². The van der Waals surface area contributed by atoms with E-state index in [1.54, 1.807) is 0 Å². The van der Waals surface area contributed by atoms with Crippen molar-refractivity contribution in [1.82, 2.24) is 5.32 Å². The smallest absolute Gasteiger partial charge is 0.0221 e. The molecular weight excluding hydrogens is 158 g/mol. The third kappa shape index (κ3) is 3.15. The van der Waals surface area contributed by atoms with Crippen LogP contribution in [0.15, 0.2) is 12.7 Å². The van der Waals surface area contributed by atoms with E-state index in [9.17, 15) is 0 Å². The summed E-state index contributed by atoms with van der Waals surface area (Å²) < 4.78 is 0. The Morgan fingerprint density at radius 3 is 2.77 bits per heavy atom. The fraction of sp³-hybridized carbons (Fsp3) is 0.833. The maximum atomic E-state index is 3.81. The molecule has 0 amide bonds. The summed E-state index contributed by atoms with van der Waals surface area (Å²) in [6.45, 7) is 8.31. The van der Waals surface area contributed by atoms with Crippen LogP contribution >= 0.6 is 0 Å². The average Bonchev–Trinajstić information content (AvgIpc) is 2.18. The third-order valence-corrected chi connectivity index (χ3v) is 3.26. The first-order chi connectivity index (χ1) is 6.27. The van der Waals surface area contributed by atoms with Crippen molar-refractivity contribution in [2.24, 2.45) is 5.92 Å². The molecule has 13 heavy (non-hydrogen) atoms. The Morgan fingerprint density at radius 2 is 2.15 bits per heavy atom. The molecule has 1 aliphatic carbocycles. The molecule has 1 heteroatoms. The molecular formula is C12H23N. The molecule has 3 atom stereocenters. The van der Waals surface area contributed by atoms with Gasteiger partial charge in [0.25, 0.3) is 0 Å². The van der Waals surface area contributed by atoms with Crippen molar-refractivity contribution in [3.05, 3.63) is 12.7 Å². The van der Waals surface area contributed by atoms with Crippen LogP contribution in [-0.4, -0.2) is 12.1 Å². The van der Waals surface area contributed by atoms with Crippen LogP contribution in [0.4, 0.5) is 0 Å². The van der Waals surface area contributed by atoms with Gasteiger partial charge in [-0.1, -0.05) is 32.3 Å². The Morgan fingerprint density at radius 1 is 1.46 bits per heavy atom. The van der Waals surface area contributed by atoms with Crippen molar-refractivity contribution in [2.75, 3.05) is 0 Å². The first-order valence-corrected chi connectivity index (χ1v) is 5.66.